The molecule has 0 fully saturated rings. The predicted molar refractivity (Wildman–Crippen MR) is 75.7 cm³/mol. The summed E-state index contributed by atoms with van der Waals surface area (Å²) in [5.74, 6) is -0.0312. The van der Waals surface area contributed by atoms with Gasteiger partial charge in [-0.15, -0.1) is 0 Å². The number of benzene rings is 1. The number of aliphatic carboxylic acids is 1. The van der Waals surface area contributed by atoms with E-state index >= 15 is 0 Å². The lowest BCUT2D eigenvalue weighted by molar-refractivity contribution is -0.136. The van der Waals surface area contributed by atoms with Crippen molar-refractivity contribution in [3.05, 3.63) is 59.9 Å². The Morgan fingerprint density at radius 3 is 2.60 bits per heavy atom. The van der Waals surface area contributed by atoms with Gasteiger partial charge in [-0.25, -0.2) is 0 Å². The highest BCUT2D eigenvalue weighted by Gasteiger charge is 2.08. The van der Waals surface area contributed by atoms with Gasteiger partial charge < -0.3 is 9.84 Å². The highest BCUT2D eigenvalue weighted by atomic mass is 16.5. The summed E-state index contributed by atoms with van der Waals surface area (Å²) in [6.07, 6.45) is 2.29. The topological polar surface area (TPSA) is 59.4 Å². The second-order valence-corrected chi connectivity index (χ2v) is 4.55. The van der Waals surface area contributed by atoms with Crippen LogP contribution in [0.25, 0.3) is 0 Å². The largest absolute Gasteiger partial charge is 0.484 e. The average Bonchev–Trinajstić information content (AvgIpc) is 2.47. The first-order valence-corrected chi connectivity index (χ1v) is 6.53. The van der Waals surface area contributed by atoms with E-state index in [4.69, 9.17) is 9.84 Å². The lowest BCUT2D eigenvalue weighted by atomic mass is 10.1. The zero-order chi connectivity index (χ0) is 14.4. The van der Waals surface area contributed by atoms with Crippen LogP contribution < -0.4 is 4.74 Å². The van der Waals surface area contributed by atoms with Gasteiger partial charge >= 0.3 is 5.97 Å². The first-order chi connectivity index (χ1) is 9.65. The van der Waals surface area contributed by atoms with Crippen LogP contribution >= 0.6 is 0 Å². The Bertz CT molecular complexity index is 552. The van der Waals surface area contributed by atoms with Gasteiger partial charge in [0.2, 0.25) is 0 Å². The maximum absolute atomic E-state index is 10.5. The van der Waals surface area contributed by atoms with E-state index in [1.54, 1.807) is 6.20 Å². The molecule has 0 saturated carbocycles. The third-order valence-electron chi connectivity index (χ3n) is 2.97. The number of hydrogen-bond donors (Lipinski definition) is 1. The molecule has 0 amide bonds. The Morgan fingerprint density at radius 2 is 2.00 bits per heavy atom. The van der Waals surface area contributed by atoms with Crippen LogP contribution in [0.4, 0.5) is 0 Å². The fourth-order valence-electron chi connectivity index (χ4n) is 1.87. The molecule has 0 aliphatic carbocycles. The van der Waals surface area contributed by atoms with Crippen LogP contribution in [-0.4, -0.2) is 16.1 Å². The molecule has 1 unspecified atom stereocenters. The van der Waals surface area contributed by atoms with E-state index in [9.17, 15) is 4.79 Å². The van der Waals surface area contributed by atoms with Gasteiger partial charge in [0.1, 0.15) is 11.9 Å². The minimum absolute atomic E-state index is 0.124. The Morgan fingerprint density at radius 1 is 1.25 bits per heavy atom. The standard InChI is InChI=1S/C16H17NO3/c1-12(15-4-2-3-11-17-15)20-14-8-5-13(6-9-14)7-10-16(18)19/h2-6,8-9,11-12H,7,10H2,1H3,(H,18,19). The number of ether oxygens (including phenoxy) is 1. The normalized spacial score (nSPS) is 11.8. The molecule has 0 radical (unpaired) electrons. The van der Waals surface area contributed by atoms with Gasteiger partial charge in [-0.05, 0) is 43.2 Å². The van der Waals surface area contributed by atoms with Crippen LogP contribution in [0.2, 0.25) is 0 Å². The van der Waals surface area contributed by atoms with E-state index in [1.807, 2.05) is 49.4 Å². The van der Waals surface area contributed by atoms with Gasteiger partial charge in [0.05, 0.1) is 5.69 Å². The maximum atomic E-state index is 10.5. The number of carboxylic acids is 1. The van der Waals surface area contributed by atoms with E-state index in [0.29, 0.717) is 6.42 Å². The molecule has 1 aromatic carbocycles. The summed E-state index contributed by atoms with van der Waals surface area (Å²) in [7, 11) is 0. The summed E-state index contributed by atoms with van der Waals surface area (Å²) in [5, 5.41) is 8.64. The minimum atomic E-state index is -0.783. The van der Waals surface area contributed by atoms with Gasteiger partial charge in [0, 0.05) is 12.6 Å². The molecule has 0 saturated heterocycles. The molecule has 0 aliphatic heterocycles. The molecule has 0 aliphatic rings. The van der Waals surface area contributed by atoms with Crippen LogP contribution in [0.1, 0.15) is 30.7 Å². The fraction of sp³-hybridized carbons (Fsp3) is 0.250. The van der Waals surface area contributed by atoms with Crippen molar-refractivity contribution in [3.63, 3.8) is 0 Å². The number of aromatic nitrogens is 1. The average molecular weight is 271 g/mol. The highest BCUT2D eigenvalue weighted by Crippen LogP contribution is 2.20. The predicted octanol–water partition coefficient (Wildman–Crippen LogP) is 3.24. The molecule has 0 spiro atoms. The number of rotatable bonds is 6. The Labute approximate surface area is 118 Å². The molecule has 2 rings (SSSR count). The summed E-state index contributed by atoms with van der Waals surface area (Å²) in [6.45, 7) is 1.95. The second kappa shape index (κ2) is 6.70. The molecule has 104 valence electrons. The first-order valence-electron chi connectivity index (χ1n) is 6.53. The van der Waals surface area contributed by atoms with Crippen LogP contribution in [-0.2, 0) is 11.2 Å². The minimum Gasteiger partial charge on any atom is -0.484 e. The van der Waals surface area contributed by atoms with Crippen molar-refractivity contribution in [2.45, 2.75) is 25.9 Å². The molecular weight excluding hydrogens is 254 g/mol. The van der Waals surface area contributed by atoms with Crippen LogP contribution in [0.15, 0.2) is 48.7 Å². The number of pyridine rings is 1. The van der Waals surface area contributed by atoms with Crippen molar-refractivity contribution in [2.75, 3.05) is 0 Å². The van der Waals surface area contributed by atoms with Gasteiger partial charge in [0.25, 0.3) is 0 Å². The molecule has 1 aromatic heterocycles. The molecule has 1 atom stereocenters. The summed E-state index contributed by atoms with van der Waals surface area (Å²) in [6, 6.07) is 13.2. The van der Waals surface area contributed by atoms with Crippen molar-refractivity contribution < 1.29 is 14.6 Å². The molecule has 2 aromatic rings. The Kier molecular flexibility index (Phi) is 4.71. The van der Waals surface area contributed by atoms with Gasteiger partial charge in [-0.2, -0.15) is 0 Å². The van der Waals surface area contributed by atoms with Gasteiger partial charge in [-0.3, -0.25) is 9.78 Å². The molecule has 1 N–H and O–H groups in total. The van der Waals surface area contributed by atoms with Crippen molar-refractivity contribution >= 4 is 5.97 Å². The molecule has 4 nitrogen and oxygen atoms in total. The van der Waals surface area contributed by atoms with E-state index in [0.717, 1.165) is 17.0 Å². The first kappa shape index (κ1) is 14.1. The maximum Gasteiger partial charge on any atom is 0.303 e. The summed E-state index contributed by atoms with van der Waals surface area (Å²) >= 11 is 0. The second-order valence-electron chi connectivity index (χ2n) is 4.55. The number of carboxylic acid groups (broad SMARTS) is 1. The van der Waals surface area contributed by atoms with E-state index in [2.05, 4.69) is 4.98 Å². The Hall–Kier alpha value is -2.36. The quantitative estimate of drug-likeness (QED) is 0.876. The summed E-state index contributed by atoms with van der Waals surface area (Å²) in [5.41, 5.74) is 1.87. The molecule has 4 heteroatoms. The van der Waals surface area contributed by atoms with E-state index < -0.39 is 5.97 Å². The fourth-order valence-corrected chi connectivity index (χ4v) is 1.87. The molecular formula is C16H17NO3. The SMILES string of the molecule is CC(Oc1ccc(CCC(=O)O)cc1)c1ccccn1. The number of hydrogen-bond acceptors (Lipinski definition) is 3. The molecule has 0 bridgehead atoms. The van der Waals surface area contributed by atoms with Crippen molar-refractivity contribution in [3.8, 4) is 5.75 Å². The van der Waals surface area contributed by atoms with Crippen LogP contribution in [0.3, 0.4) is 0 Å². The zero-order valence-corrected chi connectivity index (χ0v) is 11.3. The third kappa shape index (κ3) is 4.09. The summed E-state index contributed by atoms with van der Waals surface area (Å²) in [4.78, 5) is 14.8. The highest BCUT2D eigenvalue weighted by molar-refractivity contribution is 5.67. The van der Waals surface area contributed by atoms with Gasteiger partial charge in [0.15, 0.2) is 0 Å². The lowest BCUT2D eigenvalue weighted by Crippen LogP contribution is -2.05. The number of carbonyl (C=O) groups is 1. The van der Waals surface area contributed by atoms with Crippen molar-refractivity contribution in [1.82, 2.24) is 4.98 Å². The monoisotopic (exact) mass is 271 g/mol. The van der Waals surface area contributed by atoms with Crippen LogP contribution in [0, 0.1) is 0 Å². The Balaban J connectivity index is 1.95. The zero-order valence-electron chi connectivity index (χ0n) is 11.3. The molecule has 20 heavy (non-hydrogen) atoms. The lowest BCUT2D eigenvalue weighted by Gasteiger charge is -2.14. The number of nitrogens with zero attached hydrogens (tertiary/aromatic N) is 1. The third-order valence-corrected chi connectivity index (χ3v) is 2.97. The van der Waals surface area contributed by atoms with Gasteiger partial charge in [-0.1, -0.05) is 18.2 Å². The summed E-state index contributed by atoms with van der Waals surface area (Å²) < 4.78 is 5.80. The smallest absolute Gasteiger partial charge is 0.303 e. The van der Waals surface area contributed by atoms with Crippen LogP contribution in [0.5, 0.6) is 5.75 Å². The molecule has 1 heterocycles. The van der Waals surface area contributed by atoms with Crippen molar-refractivity contribution in [2.24, 2.45) is 0 Å². The van der Waals surface area contributed by atoms with E-state index in [-0.39, 0.29) is 12.5 Å². The number of aryl methyl sites for hydroxylation is 1. The van der Waals surface area contributed by atoms with Crippen molar-refractivity contribution in [1.29, 1.82) is 0 Å². The van der Waals surface area contributed by atoms with E-state index in [1.165, 1.54) is 0 Å².